The van der Waals surface area contributed by atoms with Crippen molar-refractivity contribution in [2.45, 2.75) is 51.2 Å². The zero-order valence-corrected chi connectivity index (χ0v) is 23.8. The number of aliphatic hydroxyl groups is 1. The molecule has 1 aromatic carbocycles. The van der Waals surface area contributed by atoms with Gasteiger partial charge in [0.25, 0.3) is 5.91 Å². The lowest BCUT2D eigenvalue weighted by atomic mass is 10.1. The summed E-state index contributed by atoms with van der Waals surface area (Å²) in [7, 11) is 0. The second-order valence-electron chi connectivity index (χ2n) is 10.4. The highest BCUT2D eigenvalue weighted by Crippen LogP contribution is 2.22. The maximum atomic E-state index is 13.6. The number of aliphatic carboxylic acids is 1. The fourth-order valence-electron chi connectivity index (χ4n) is 5.23. The number of hydrogen-bond donors (Lipinski definition) is 3. The van der Waals surface area contributed by atoms with Crippen molar-refractivity contribution in [1.29, 1.82) is 0 Å². The number of carboxylic acid groups (broad SMARTS) is 1. The van der Waals surface area contributed by atoms with Crippen molar-refractivity contribution < 1.29 is 34.1 Å². The van der Waals surface area contributed by atoms with E-state index in [1.54, 1.807) is 13.0 Å². The van der Waals surface area contributed by atoms with Crippen LogP contribution in [-0.2, 0) is 20.9 Å². The molecule has 2 fully saturated rings. The van der Waals surface area contributed by atoms with Gasteiger partial charge in [0.1, 0.15) is 11.7 Å². The van der Waals surface area contributed by atoms with E-state index >= 15 is 0 Å². The van der Waals surface area contributed by atoms with Gasteiger partial charge in [-0.15, -0.1) is 0 Å². The number of nitrogens with zero attached hydrogens (tertiary/aromatic N) is 5. The van der Waals surface area contributed by atoms with Crippen molar-refractivity contribution in [1.82, 2.24) is 30.0 Å². The number of ether oxygens (including phenoxy) is 1. The Morgan fingerprint density at radius 2 is 1.76 bits per heavy atom. The maximum absolute atomic E-state index is 13.6. The smallest absolute Gasteiger partial charge is 0.409 e. The minimum absolute atomic E-state index is 0.0136. The van der Waals surface area contributed by atoms with E-state index in [-0.39, 0.29) is 64.0 Å². The highest BCUT2D eigenvalue weighted by molar-refractivity contribution is 5.96. The highest BCUT2D eigenvalue weighted by Gasteiger charge is 2.32. The molecule has 0 spiro atoms. The van der Waals surface area contributed by atoms with E-state index in [0.29, 0.717) is 23.6 Å². The molecule has 2 aliphatic rings. The summed E-state index contributed by atoms with van der Waals surface area (Å²) in [5, 5.41) is 21.8. The summed E-state index contributed by atoms with van der Waals surface area (Å²) in [6.45, 7) is 4.21. The van der Waals surface area contributed by atoms with Gasteiger partial charge in [-0.2, -0.15) is 0 Å². The minimum atomic E-state index is -1.10. The van der Waals surface area contributed by atoms with Gasteiger partial charge >= 0.3 is 12.1 Å². The number of carboxylic acids is 1. The topological polar surface area (TPSA) is 166 Å². The molecule has 13 heteroatoms. The SMILES string of the molecule is CCOC(=O)N1CCN(C(=O)[C@H](CCC(=O)O)NC(=O)c2cc(CN3CCC[C@H]3CO)nc(-c3ccccc3)n2)CC1. The van der Waals surface area contributed by atoms with Crippen LogP contribution in [0, 0.1) is 0 Å². The first-order chi connectivity index (χ1) is 20.3. The van der Waals surface area contributed by atoms with Gasteiger partial charge in [0, 0.05) is 50.7 Å². The molecule has 3 amide bonds. The first-order valence-electron chi connectivity index (χ1n) is 14.3. The van der Waals surface area contributed by atoms with Gasteiger partial charge < -0.3 is 30.1 Å². The number of hydrogen-bond acceptors (Lipinski definition) is 9. The molecule has 1 aromatic heterocycles. The van der Waals surface area contributed by atoms with Crippen LogP contribution in [0.25, 0.3) is 11.4 Å². The second kappa shape index (κ2) is 14.7. The Morgan fingerprint density at radius 1 is 1.05 bits per heavy atom. The van der Waals surface area contributed by atoms with Crippen LogP contribution < -0.4 is 5.32 Å². The number of amides is 3. The molecule has 13 nitrogen and oxygen atoms in total. The average molecular weight is 583 g/mol. The fourth-order valence-corrected chi connectivity index (χ4v) is 5.23. The number of benzene rings is 1. The van der Waals surface area contributed by atoms with Gasteiger partial charge in [0.2, 0.25) is 5.91 Å². The van der Waals surface area contributed by atoms with Gasteiger partial charge in [0.15, 0.2) is 5.82 Å². The highest BCUT2D eigenvalue weighted by atomic mass is 16.6. The molecule has 0 bridgehead atoms. The van der Waals surface area contributed by atoms with E-state index in [0.717, 1.165) is 19.4 Å². The van der Waals surface area contributed by atoms with Crippen molar-refractivity contribution in [3.05, 3.63) is 47.8 Å². The Bertz CT molecular complexity index is 1250. The third-order valence-corrected chi connectivity index (χ3v) is 7.49. The van der Waals surface area contributed by atoms with Gasteiger partial charge in [0.05, 0.1) is 18.9 Å². The third kappa shape index (κ3) is 8.01. The Kier molecular flexibility index (Phi) is 10.8. The predicted molar refractivity (Wildman–Crippen MR) is 151 cm³/mol. The van der Waals surface area contributed by atoms with Crippen LogP contribution in [-0.4, -0.2) is 117 Å². The molecule has 2 atom stereocenters. The van der Waals surface area contributed by atoms with Crippen LogP contribution >= 0.6 is 0 Å². The summed E-state index contributed by atoms with van der Waals surface area (Å²) in [6.07, 6.45) is 0.959. The number of aliphatic hydroxyl groups excluding tert-OH is 1. The van der Waals surface area contributed by atoms with E-state index in [9.17, 15) is 29.4 Å². The molecule has 4 rings (SSSR count). The lowest BCUT2D eigenvalue weighted by Crippen LogP contribution is -2.56. The number of aromatic nitrogens is 2. The van der Waals surface area contributed by atoms with Crippen molar-refractivity contribution in [2.75, 3.05) is 45.9 Å². The monoisotopic (exact) mass is 582 g/mol. The molecule has 42 heavy (non-hydrogen) atoms. The molecule has 0 unspecified atom stereocenters. The summed E-state index contributed by atoms with van der Waals surface area (Å²) in [5.41, 5.74) is 1.36. The molecular formula is C29H38N6O7. The Balaban J connectivity index is 1.54. The fraction of sp³-hybridized carbons (Fsp3) is 0.517. The lowest BCUT2D eigenvalue weighted by molar-refractivity contribution is -0.138. The number of carbonyl (C=O) groups excluding carboxylic acids is 3. The van der Waals surface area contributed by atoms with Crippen molar-refractivity contribution in [2.24, 2.45) is 0 Å². The van der Waals surface area contributed by atoms with E-state index in [4.69, 9.17) is 9.72 Å². The largest absolute Gasteiger partial charge is 0.481 e. The van der Waals surface area contributed by atoms with Crippen molar-refractivity contribution in [3.8, 4) is 11.4 Å². The number of carbonyl (C=O) groups is 4. The molecule has 0 saturated carbocycles. The molecule has 0 aliphatic carbocycles. The summed E-state index contributed by atoms with van der Waals surface area (Å²) in [6, 6.07) is 9.71. The van der Waals surface area contributed by atoms with Gasteiger partial charge in [-0.3, -0.25) is 19.3 Å². The van der Waals surface area contributed by atoms with Crippen LogP contribution in [0.2, 0.25) is 0 Å². The number of nitrogens with one attached hydrogen (secondary N) is 1. The summed E-state index contributed by atoms with van der Waals surface area (Å²) < 4.78 is 5.03. The normalized spacial score (nSPS) is 18.0. The van der Waals surface area contributed by atoms with Crippen molar-refractivity contribution >= 4 is 23.9 Å². The maximum Gasteiger partial charge on any atom is 0.409 e. The third-order valence-electron chi connectivity index (χ3n) is 7.49. The quantitative estimate of drug-likeness (QED) is 0.352. The van der Waals surface area contributed by atoms with Gasteiger partial charge in [-0.1, -0.05) is 30.3 Å². The first-order valence-corrected chi connectivity index (χ1v) is 14.3. The Labute approximate surface area is 244 Å². The summed E-state index contributed by atoms with van der Waals surface area (Å²) in [5.74, 6) is -1.78. The van der Waals surface area contributed by atoms with Crippen molar-refractivity contribution in [3.63, 3.8) is 0 Å². The van der Waals surface area contributed by atoms with E-state index in [1.807, 2.05) is 30.3 Å². The molecule has 2 aromatic rings. The van der Waals surface area contributed by atoms with Crippen LogP contribution in [0.3, 0.4) is 0 Å². The Hall–Kier alpha value is -4.10. The molecule has 3 N–H and O–H groups in total. The van der Waals surface area contributed by atoms with Gasteiger partial charge in [-0.25, -0.2) is 14.8 Å². The number of likely N-dealkylation sites (tertiary alicyclic amines) is 1. The van der Waals surface area contributed by atoms with Crippen LogP contribution in [0.5, 0.6) is 0 Å². The summed E-state index contributed by atoms with van der Waals surface area (Å²) in [4.78, 5) is 64.7. The van der Waals surface area contributed by atoms with Crippen LogP contribution in [0.4, 0.5) is 4.79 Å². The minimum Gasteiger partial charge on any atom is -0.481 e. The van der Waals surface area contributed by atoms with E-state index in [2.05, 4.69) is 15.2 Å². The molecule has 3 heterocycles. The summed E-state index contributed by atoms with van der Waals surface area (Å²) >= 11 is 0. The van der Waals surface area contributed by atoms with E-state index in [1.165, 1.54) is 9.80 Å². The Morgan fingerprint density at radius 3 is 2.43 bits per heavy atom. The zero-order valence-electron chi connectivity index (χ0n) is 23.8. The first kappa shape index (κ1) is 30.8. The zero-order chi connectivity index (χ0) is 30.1. The molecule has 2 saturated heterocycles. The molecular weight excluding hydrogens is 544 g/mol. The second-order valence-corrected chi connectivity index (χ2v) is 10.4. The molecule has 2 aliphatic heterocycles. The number of piperazine rings is 1. The lowest BCUT2D eigenvalue weighted by Gasteiger charge is -2.35. The average Bonchev–Trinajstić information content (AvgIpc) is 3.46. The molecule has 226 valence electrons. The van der Waals surface area contributed by atoms with Crippen LogP contribution in [0.15, 0.2) is 36.4 Å². The molecule has 0 radical (unpaired) electrons. The number of rotatable bonds is 11. The predicted octanol–water partition coefficient (Wildman–Crippen LogP) is 1.36. The van der Waals surface area contributed by atoms with Crippen LogP contribution in [0.1, 0.15) is 48.8 Å². The standard InChI is InChI=1S/C29H38N6O7/c1-2-42-29(41)34-15-13-33(14-16-34)28(40)23(10-11-25(37)38)32-27(39)24-17-21(18-35-12-6-9-22(35)19-36)30-26(31-24)20-7-4-3-5-8-20/h3-5,7-8,17,22-23,36H,2,6,9-16,18-19H2,1H3,(H,32,39)(H,37,38)/t22-,23-/m0/s1. The van der Waals surface area contributed by atoms with E-state index < -0.39 is 29.9 Å². The van der Waals surface area contributed by atoms with Gasteiger partial charge in [-0.05, 0) is 38.8 Å².